The largest absolute Gasteiger partial charge is 0.472 e. The monoisotopic (exact) mass is 265 g/mol. The molecule has 1 unspecified atom stereocenters. The van der Waals surface area contributed by atoms with E-state index in [1.165, 1.54) is 18.4 Å². The van der Waals surface area contributed by atoms with Crippen LogP contribution in [0.2, 0.25) is 0 Å². The molecule has 1 atom stereocenters. The molecule has 1 N–H and O–H groups in total. The Morgan fingerprint density at radius 1 is 1.47 bits per heavy atom. The molecule has 0 saturated heterocycles. The molecule has 3 heteroatoms. The Morgan fingerprint density at radius 3 is 2.74 bits per heavy atom. The fourth-order valence-corrected chi connectivity index (χ4v) is 3.28. The predicted molar refractivity (Wildman–Crippen MR) is 77.2 cm³/mol. The van der Waals surface area contributed by atoms with E-state index in [2.05, 4.69) is 25.2 Å². The van der Waals surface area contributed by atoms with Gasteiger partial charge in [0.2, 0.25) is 0 Å². The Morgan fingerprint density at radius 2 is 2.21 bits per heavy atom. The summed E-state index contributed by atoms with van der Waals surface area (Å²) in [7, 11) is 1.87. The van der Waals surface area contributed by atoms with Gasteiger partial charge in [-0.1, -0.05) is 13.8 Å². The lowest BCUT2D eigenvalue weighted by atomic mass is 9.74. The van der Waals surface area contributed by atoms with Crippen molar-refractivity contribution in [2.45, 2.75) is 57.6 Å². The highest BCUT2D eigenvalue weighted by atomic mass is 16.5. The zero-order chi connectivity index (χ0) is 13.7. The molecular formula is C16H27NO2. The van der Waals surface area contributed by atoms with Crippen molar-refractivity contribution in [3.05, 3.63) is 24.2 Å². The molecule has 1 fully saturated rings. The predicted octanol–water partition coefficient (Wildman–Crippen LogP) is 3.40. The fraction of sp³-hybridized carbons (Fsp3) is 0.750. The van der Waals surface area contributed by atoms with E-state index in [-0.39, 0.29) is 5.60 Å². The number of ether oxygens (including phenoxy) is 1. The van der Waals surface area contributed by atoms with E-state index in [4.69, 9.17) is 9.15 Å². The summed E-state index contributed by atoms with van der Waals surface area (Å²) in [5.74, 6) is 0.833. The molecule has 2 rings (SSSR count). The van der Waals surface area contributed by atoms with Crippen LogP contribution in [0.5, 0.6) is 0 Å². The van der Waals surface area contributed by atoms with Gasteiger partial charge in [-0.3, -0.25) is 0 Å². The summed E-state index contributed by atoms with van der Waals surface area (Å²) in [6.07, 6.45) is 9.41. The van der Waals surface area contributed by atoms with Gasteiger partial charge < -0.3 is 14.5 Å². The maximum atomic E-state index is 6.00. The topological polar surface area (TPSA) is 34.4 Å². The second-order valence-electron chi connectivity index (χ2n) is 5.90. The number of hydrogen-bond acceptors (Lipinski definition) is 3. The summed E-state index contributed by atoms with van der Waals surface area (Å²) < 4.78 is 11.2. The molecular weight excluding hydrogens is 238 g/mol. The molecule has 0 aliphatic heterocycles. The fourth-order valence-electron chi connectivity index (χ4n) is 3.28. The molecule has 0 amide bonds. The van der Waals surface area contributed by atoms with Crippen LogP contribution in [0.1, 0.15) is 45.1 Å². The number of rotatable bonds is 6. The molecule has 108 valence electrons. The summed E-state index contributed by atoms with van der Waals surface area (Å²) in [5.41, 5.74) is 1.24. The maximum Gasteiger partial charge on any atom is 0.0935 e. The Bertz CT molecular complexity index is 353. The first-order valence-corrected chi connectivity index (χ1v) is 7.50. The number of methoxy groups -OCH3 is 1. The minimum absolute atomic E-state index is 0.0141. The number of likely N-dealkylation sites (N-methyl/N-ethyl adjacent to an activating group) is 1. The quantitative estimate of drug-likeness (QED) is 0.856. The van der Waals surface area contributed by atoms with E-state index in [0.29, 0.717) is 6.04 Å². The molecule has 0 radical (unpaired) electrons. The number of nitrogens with one attached hydrogen (secondary N) is 1. The second-order valence-corrected chi connectivity index (χ2v) is 5.90. The van der Waals surface area contributed by atoms with E-state index < -0.39 is 0 Å². The molecule has 0 aromatic carbocycles. The molecule has 0 bridgehead atoms. The lowest BCUT2D eigenvalue weighted by Crippen LogP contribution is -2.54. The van der Waals surface area contributed by atoms with E-state index in [1.807, 2.05) is 13.4 Å². The Kier molecular flexibility index (Phi) is 5.06. The van der Waals surface area contributed by atoms with Gasteiger partial charge in [-0.2, -0.15) is 0 Å². The number of hydrogen-bond donors (Lipinski definition) is 1. The van der Waals surface area contributed by atoms with Gasteiger partial charge in [0.15, 0.2) is 0 Å². The zero-order valence-corrected chi connectivity index (χ0v) is 12.4. The van der Waals surface area contributed by atoms with E-state index in [0.717, 1.165) is 31.7 Å². The van der Waals surface area contributed by atoms with Crippen LogP contribution >= 0.6 is 0 Å². The highest BCUT2D eigenvalue weighted by Gasteiger charge is 2.41. The smallest absolute Gasteiger partial charge is 0.0935 e. The SMILES string of the molecule is CCNC(Cc1ccoc1)C1(OC)CCC(C)CC1. The Balaban J connectivity index is 2.10. The highest BCUT2D eigenvalue weighted by Crippen LogP contribution is 2.37. The van der Waals surface area contributed by atoms with Gasteiger partial charge in [0.1, 0.15) is 0 Å². The first-order chi connectivity index (χ1) is 9.20. The van der Waals surface area contributed by atoms with Crippen LogP contribution in [0.3, 0.4) is 0 Å². The van der Waals surface area contributed by atoms with Crippen LogP contribution < -0.4 is 5.32 Å². The molecule has 1 saturated carbocycles. The summed E-state index contributed by atoms with van der Waals surface area (Å²) in [5, 5.41) is 3.63. The van der Waals surface area contributed by atoms with Gasteiger partial charge in [0.05, 0.1) is 18.1 Å². The summed E-state index contributed by atoms with van der Waals surface area (Å²) >= 11 is 0. The lowest BCUT2D eigenvalue weighted by molar-refractivity contribution is -0.0742. The van der Waals surface area contributed by atoms with Crippen molar-refractivity contribution in [1.82, 2.24) is 5.32 Å². The van der Waals surface area contributed by atoms with Crippen molar-refractivity contribution in [1.29, 1.82) is 0 Å². The molecule has 1 aromatic rings. The molecule has 3 nitrogen and oxygen atoms in total. The van der Waals surface area contributed by atoms with Crippen LogP contribution in [-0.2, 0) is 11.2 Å². The molecule has 1 aliphatic carbocycles. The van der Waals surface area contributed by atoms with Crippen molar-refractivity contribution < 1.29 is 9.15 Å². The average Bonchev–Trinajstić information content (AvgIpc) is 2.93. The Labute approximate surface area is 116 Å². The highest BCUT2D eigenvalue weighted by molar-refractivity contribution is 5.11. The normalized spacial score (nSPS) is 29.3. The standard InChI is InChI=1S/C16H27NO2/c1-4-17-15(11-14-7-10-19-12-14)16(18-3)8-5-13(2)6-9-16/h7,10,12-13,15,17H,4-6,8-9,11H2,1-3H3. The molecule has 0 spiro atoms. The zero-order valence-electron chi connectivity index (χ0n) is 12.4. The molecule has 1 aliphatic rings. The van der Waals surface area contributed by atoms with Crippen molar-refractivity contribution in [3.8, 4) is 0 Å². The summed E-state index contributed by atoms with van der Waals surface area (Å²) in [6, 6.07) is 2.42. The van der Waals surface area contributed by atoms with E-state index >= 15 is 0 Å². The molecule has 1 aromatic heterocycles. The maximum absolute atomic E-state index is 6.00. The third-order valence-corrected chi connectivity index (χ3v) is 4.63. The Hall–Kier alpha value is -0.800. The van der Waals surface area contributed by atoms with Gasteiger partial charge in [0.25, 0.3) is 0 Å². The van der Waals surface area contributed by atoms with E-state index in [1.54, 1.807) is 6.26 Å². The molecule has 19 heavy (non-hydrogen) atoms. The van der Waals surface area contributed by atoms with E-state index in [9.17, 15) is 0 Å². The third kappa shape index (κ3) is 3.40. The first-order valence-electron chi connectivity index (χ1n) is 7.50. The van der Waals surface area contributed by atoms with Crippen LogP contribution in [0, 0.1) is 5.92 Å². The summed E-state index contributed by atoms with van der Waals surface area (Å²) in [6.45, 7) is 5.48. The summed E-state index contributed by atoms with van der Waals surface area (Å²) in [4.78, 5) is 0. The van der Waals surface area contributed by atoms with Crippen molar-refractivity contribution in [2.75, 3.05) is 13.7 Å². The first kappa shape index (κ1) is 14.6. The number of furan rings is 1. The minimum Gasteiger partial charge on any atom is -0.472 e. The second kappa shape index (κ2) is 6.58. The van der Waals surface area contributed by atoms with Crippen molar-refractivity contribution in [2.24, 2.45) is 5.92 Å². The van der Waals surface area contributed by atoms with Gasteiger partial charge in [-0.25, -0.2) is 0 Å². The lowest BCUT2D eigenvalue weighted by Gasteiger charge is -2.44. The van der Waals surface area contributed by atoms with Crippen molar-refractivity contribution >= 4 is 0 Å². The van der Waals surface area contributed by atoms with Crippen LogP contribution in [0.15, 0.2) is 23.0 Å². The van der Waals surface area contributed by atoms with Gasteiger partial charge >= 0.3 is 0 Å². The third-order valence-electron chi connectivity index (χ3n) is 4.63. The van der Waals surface area contributed by atoms with Crippen LogP contribution in [0.25, 0.3) is 0 Å². The van der Waals surface area contributed by atoms with Crippen LogP contribution in [0.4, 0.5) is 0 Å². The minimum atomic E-state index is -0.0141. The van der Waals surface area contributed by atoms with Crippen molar-refractivity contribution in [3.63, 3.8) is 0 Å². The van der Waals surface area contributed by atoms with Crippen LogP contribution in [-0.4, -0.2) is 25.3 Å². The average molecular weight is 265 g/mol. The van der Waals surface area contributed by atoms with Gasteiger partial charge in [-0.15, -0.1) is 0 Å². The van der Waals surface area contributed by atoms with Gasteiger partial charge in [0, 0.05) is 13.2 Å². The molecule has 1 heterocycles. The van der Waals surface area contributed by atoms with Gasteiger partial charge in [-0.05, 0) is 56.2 Å².